The highest BCUT2D eigenvalue weighted by molar-refractivity contribution is 14.0. The first-order chi connectivity index (χ1) is 9.88. The number of likely N-dealkylation sites (tertiary alicyclic amines) is 1. The molecule has 0 aromatic rings. The Morgan fingerprint density at radius 1 is 1.45 bits per heavy atom. The van der Waals surface area contributed by atoms with Crippen LogP contribution in [-0.2, 0) is 9.53 Å². The normalized spacial score (nSPS) is 25.4. The smallest absolute Gasteiger partial charge is 0.224 e. The van der Waals surface area contributed by atoms with Crippen molar-refractivity contribution >= 4 is 35.8 Å². The summed E-state index contributed by atoms with van der Waals surface area (Å²) in [5, 5.41) is 3.33. The van der Waals surface area contributed by atoms with E-state index in [1.165, 1.54) is 0 Å². The maximum atomic E-state index is 11.4. The molecule has 1 amide bonds. The van der Waals surface area contributed by atoms with Crippen LogP contribution in [0.3, 0.4) is 0 Å². The molecule has 0 aromatic heterocycles. The lowest BCUT2D eigenvalue weighted by atomic mass is 9.87. The van der Waals surface area contributed by atoms with Crippen LogP contribution in [0, 0.1) is 10.8 Å². The predicted molar refractivity (Wildman–Crippen MR) is 98.4 cm³/mol. The first-order valence-electron chi connectivity index (χ1n) is 7.79. The average molecular weight is 424 g/mol. The average Bonchev–Trinajstić information content (AvgIpc) is 3.05. The van der Waals surface area contributed by atoms with E-state index in [4.69, 9.17) is 10.5 Å². The van der Waals surface area contributed by atoms with E-state index in [2.05, 4.69) is 22.1 Å². The number of nitrogens with zero attached hydrogens (tertiary/aromatic N) is 2. The minimum Gasteiger partial charge on any atom is -0.381 e. The monoisotopic (exact) mass is 424 g/mol. The van der Waals surface area contributed by atoms with E-state index in [1.807, 2.05) is 13.8 Å². The molecule has 2 aliphatic heterocycles. The number of nitrogens with two attached hydrogens (primary N) is 1. The van der Waals surface area contributed by atoms with Crippen molar-refractivity contribution in [2.45, 2.75) is 33.6 Å². The van der Waals surface area contributed by atoms with Gasteiger partial charge in [0.2, 0.25) is 5.91 Å². The molecule has 128 valence electrons. The van der Waals surface area contributed by atoms with Gasteiger partial charge in [-0.2, -0.15) is 0 Å². The highest BCUT2D eigenvalue weighted by Gasteiger charge is 2.42. The third-order valence-corrected chi connectivity index (χ3v) is 4.55. The van der Waals surface area contributed by atoms with Gasteiger partial charge in [-0.05, 0) is 33.6 Å². The largest absolute Gasteiger partial charge is 0.381 e. The van der Waals surface area contributed by atoms with E-state index in [0.29, 0.717) is 12.0 Å². The van der Waals surface area contributed by atoms with Crippen molar-refractivity contribution in [3.8, 4) is 0 Å². The van der Waals surface area contributed by atoms with Crippen LogP contribution in [0.1, 0.15) is 33.6 Å². The molecular weight excluding hydrogens is 395 g/mol. The van der Waals surface area contributed by atoms with Crippen LogP contribution in [0.25, 0.3) is 0 Å². The molecular formula is C15H29IN4O2. The van der Waals surface area contributed by atoms with Crippen molar-refractivity contribution in [2.24, 2.45) is 21.6 Å². The number of hydrogen-bond donors (Lipinski definition) is 2. The fraction of sp³-hybridized carbons (Fsp3) is 0.867. The van der Waals surface area contributed by atoms with E-state index < -0.39 is 5.41 Å². The third-order valence-electron chi connectivity index (χ3n) is 4.55. The molecule has 0 bridgehead atoms. The molecule has 7 heteroatoms. The van der Waals surface area contributed by atoms with Crippen molar-refractivity contribution in [1.29, 1.82) is 0 Å². The summed E-state index contributed by atoms with van der Waals surface area (Å²) in [7, 11) is 0. The molecule has 0 aliphatic carbocycles. The van der Waals surface area contributed by atoms with Gasteiger partial charge in [-0.1, -0.05) is 0 Å². The molecule has 0 aromatic carbocycles. The Balaban J connectivity index is 0.00000242. The second kappa shape index (κ2) is 7.81. The highest BCUT2D eigenvalue weighted by Crippen LogP contribution is 2.38. The van der Waals surface area contributed by atoms with Gasteiger partial charge in [-0.3, -0.25) is 9.79 Å². The number of guanidine groups is 1. The van der Waals surface area contributed by atoms with E-state index in [0.717, 1.165) is 51.6 Å². The van der Waals surface area contributed by atoms with Crippen molar-refractivity contribution in [2.75, 3.05) is 39.4 Å². The number of halogens is 1. The molecule has 3 N–H and O–H groups in total. The first-order valence-corrected chi connectivity index (χ1v) is 7.79. The molecule has 2 rings (SSSR count). The van der Waals surface area contributed by atoms with Crippen LogP contribution in [-0.4, -0.2) is 56.2 Å². The maximum absolute atomic E-state index is 11.4. The molecule has 22 heavy (non-hydrogen) atoms. The lowest BCUT2D eigenvalue weighted by molar-refractivity contribution is -0.125. The molecule has 1 unspecified atom stereocenters. The lowest BCUT2D eigenvalue weighted by Crippen LogP contribution is -2.43. The van der Waals surface area contributed by atoms with Gasteiger partial charge in [-0.25, -0.2) is 0 Å². The topological polar surface area (TPSA) is 79.9 Å². The third kappa shape index (κ3) is 4.47. The number of carbonyl (C=O) groups is 1. The Bertz CT molecular complexity index is 420. The van der Waals surface area contributed by atoms with Crippen LogP contribution in [0.15, 0.2) is 4.99 Å². The number of primary amides is 1. The Kier molecular flexibility index (Phi) is 6.91. The van der Waals surface area contributed by atoms with Crippen LogP contribution >= 0.6 is 24.0 Å². The van der Waals surface area contributed by atoms with Gasteiger partial charge in [0.15, 0.2) is 5.96 Å². The number of carbonyl (C=O) groups excluding carboxylic acids is 1. The van der Waals surface area contributed by atoms with Crippen molar-refractivity contribution < 1.29 is 9.53 Å². The van der Waals surface area contributed by atoms with E-state index in [-0.39, 0.29) is 29.9 Å². The molecule has 0 saturated carbocycles. The van der Waals surface area contributed by atoms with Gasteiger partial charge in [0, 0.05) is 31.7 Å². The second-order valence-corrected chi connectivity index (χ2v) is 6.89. The summed E-state index contributed by atoms with van der Waals surface area (Å²) < 4.78 is 5.57. The first kappa shape index (κ1) is 19.5. The molecule has 6 nitrogen and oxygen atoms in total. The number of amides is 1. The maximum Gasteiger partial charge on any atom is 0.224 e. The van der Waals surface area contributed by atoms with Crippen LogP contribution in [0.5, 0.6) is 0 Å². The zero-order chi connectivity index (χ0) is 15.5. The summed E-state index contributed by atoms with van der Waals surface area (Å²) in [5.74, 6) is 0.569. The van der Waals surface area contributed by atoms with Crippen molar-refractivity contribution in [3.05, 3.63) is 0 Å². The molecule has 1 atom stereocenters. The molecule has 1 spiro atoms. The number of aliphatic imine (C=N–C) groups is 1. The SMILES string of the molecule is CCNC(=NCC(C)(C)C(N)=O)N1CCC2(CCOC2)C1.I. The Morgan fingerprint density at radius 3 is 2.73 bits per heavy atom. The lowest BCUT2D eigenvalue weighted by Gasteiger charge is -2.26. The summed E-state index contributed by atoms with van der Waals surface area (Å²) >= 11 is 0. The van der Waals surface area contributed by atoms with Gasteiger partial charge in [0.05, 0.1) is 18.6 Å². The predicted octanol–water partition coefficient (Wildman–Crippen LogP) is 1.19. The molecule has 2 fully saturated rings. The van der Waals surface area contributed by atoms with E-state index in [9.17, 15) is 4.79 Å². The summed E-state index contributed by atoms with van der Waals surface area (Å²) in [6.07, 6.45) is 2.28. The second-order valence-electron chi connectivity index (χ2n) is 6.89. The number of ether oxygens (including phenoxy) is 1. The van der Waals surface area contributed by atoms with Crippen LogP contribution in [0.2, 0.25) is 0 Å². The van der Waals surface area contributed by atoms with Crippen LogP contribution < -0.4 is 11.1 Å². The summed E-state index contributed by atoms with van der Waals surface area (Å²) in [4.78, 5) is 18.3. The molecule has 2 heterocycles. The molecule has 0 radical (unpaired) electrons. The Hall–Kier alpha value is -0.570. The van der Waals surface area contributed by atoms with Crippen LogP contribution in [0.4, 0.5) is 0 Å². The van der Waals surface area contributed by atoms with Gasteiger partial charge in [0.1, 0.15) is 0 Å². The zero-order valence-corrected chi connectivity index (χ0v) is 16.2. The standard InChI is InChI=1S/C15H28N4O2.HI/c1-4-17-13(18-9-14(2,3)12(16)20)19-7-5-15(10-19)6-8-21-11-15;/h4-11H2,1-3H3,(H2,16,20)(H,17,18);1H. The van der Waals surface area contributed by atoms with E-state index in [1.54, 1.807) is 0 Å². The fourth-order valence-corrected chi connectivity index (χ4v) is 2.86. The number of rotatable bonds is 4. The van der Waals surface area contributed by atoms with E-state index >= 15 is 0 Å². The highest BCUT2D eigenvalue weighted by atomic mass is 127. The van der Waals surface area contributed by atoms with Gasteiger partial charge >= 0.3 is 0 Å². The Labute approximate surface area is 150 Å². The molecule has 2 saturated heterocycles. The zero-order valence-electron chi connectivity index (χ0n) is 13.9. The number of nitrogens with one attached hydrogen (secondary N) is 1. The Morgan fingerprint density at radius 2 is 2.18 bits per heavy atom. The fourth-order valence-electron chi connectivity index (χ4n) is 2.86. The minimum atomic E-state index is -0.617. The number of hydrogen-bond acceptors (Lipinski definition) is 3. The minimum absolute atomic E-state index is 0. The summed E-state index contributed by atoms with van der Waals surface area (Å²) in [5.41, 5.74) is 5.10. The van der Waals surface area contributed by atoms with Crippen molar-refractivity contribution in [3.63, 3.8) is 0 Å². The van der Waals surface area contributed by atoms with Gasteiger partial charge in [-0.15, -0.1) is 24.0 Å². The molecule has 2 aliphatic rings. The summed E-state index contributed by atoms with van der Waals surface area (Å²) in [6, 6.07) is 0. The van der Waals surface area contributed by atoms with Gasteiger partial charge in [0.25, 0.3) is 0 Å². The summed E-state index contributed by atoms with van der Waals surface area (Å²) in [6.45, 7) is 10.6. The van der Waals surface area contributed by atoms with Crippen molar-refractivity contribution in [1.82, 2.24) is 10.2 Å². The van der Waals surface area contributed by atoms with Gasteiger partial charge < -0.3 is 20.7 Å². The quantitative estimate of drug-likeness (QED) is 0.404.